The second kappa shape index (κ2) is 4.16. The zero-order valence-electron chi connectivity index (χ0n) is 10.8. The maximum Gasteiger partial charge on any atom is 0.168 e. The number of fused-ring (bicyclic) bond motifs is 1. The van der Waals surface area contributed by atoms with Gasteiger partial charge in [-0.2, -0.15) is 0 Å². The average Bonchev–Trinajstić information content (AvgIpc) is 3.15. The molecule has 1 aromatic carbocycles. The largest absolute Gasteiger partial charge is 0.494 e. The van der Waals surface area contributed by atoms with Gasteiger partial charge in [-0.3, -0.25) is 4.79 Å². The minimum atomic E-state index is 0.256. The Hall–Kier alpha value is -1.77. The minimum Gasteiger partial charge on any atom is -0.494 e. The van der Waals surface area contributed by atoms with E-state index in [-0.39, 0.29) is 11.7 Å². The van der Waals surface area contributed by atoms with Gasteiger partial charge >= 0.3 is 0 Å². The Bertz CT molecular complexity index is 608. The summed E-state index contributed by atoms with van der Waals surface area (Å²) in [4.78, 5) is 12.2. The van der Waals surface area contributed by atoms with Crippen LogP contribution in [0.2, 0.25) is 0 Å². The summed E-state index contributed by atoms with van der Waals surface area (Å²) < 4.78 is 7.53. The van der Waals surface area contributed by atoms with Crippen LogP contribution in [0.4, 0.5) is 0 Å². The van der Waals surface area contributed by atoms with Crippen molar-refractivity contribution in [2.45, 2.75) is 19.8 Å². The highest BCUT2D eigenvalue weighted by atomic mass is 16.5. The van der Waals surface area contributed by atoms with Gasteiger partial charge in [0.05, 0.1) is 6.61 Å². The molecule has 1 heterocycles. The molecule has 3 nitrogen and oxygen atoms in total. The molecule has 2 aromatic rings. The van der Waals surface area contributed by atoms with Gasteiger partial charge in [-0.1, -0.05) is 0 Å². The van der Waals surface area contributed by atoms with E-state index in [0.29, 0.717) is 6.61 Å². The van der Waals surface area contributed by atoms with Gasteiger partial charge in [0.15, 0.2) is 5.78 Å². The fourth-order valence-electron chi connectivity index (χ4n) is 2.39. The fraction of sp³-hybridized carbons (Fsp3) is 0.400. The third-order valence-electron chi connectivity index (χ3n) is 3.49. The van der Waals surface area contributed by atoms with Gasteiger partial charge in [-0.05, 0) is 38.0 Å². The number of nitrogens with zero attached hydrogens (tertiary/aromatic N) is 1. The summed E-state index contributed by atoms with van der Waals surface area (Å²) in [6.07, 6.45) is 4.03. The topological polar surface area (TPSA) is 31.2 Å². The lowest BCUT2D eigenvalue weighted by Crippen LogP contribution is -2.00. The van der Waals surface area contributed by atoms with Crippen LogP contribution in [0, 0.1) is 5.92 Å². The Balaban J connectivity index is 2.12. The van der Waals surface area contributed by atoms with E-state index in [9.17, 15) is 4.79 Å². The first-order chi connectivity index (χ1) is 8.70. The van der Waals surface area contributed by atoms with Crippen molar-refractivity contribution >= 4 is 16.7 Å². The van der Waals surface area contributed by atoms with Gasteiger partial charge in [0, 0.05) is 35.6 Å². The monoisotopic (exact) mass is 243 g/mol. The lowest BCUT2D eigenvalue weighted by atomic mass is 10.1. The summed E-state index contributed by atoms with van der Waals surface area (Å²) in [6.45, 7) is 2.61. The van der Waals surface area contributed by atoms with Gasteiger partial charge in [-0.25, -0.2) is 0 Å². The Morgan fingerprint density at radius 1 is 1.44 bits per heavy atom. The number of carbonyl (C=O) groups excluding carboxylic acids is 1. The van der Waals surface area contributed by atoms with E-state index in [1.165, 1.54) is 0 Å². The lowest BCUT2D eigenvalue weighted by molar-refractivity contribution is 0.0969. The molecule has 0 saturated heterocycles. The first-order valence-corrected chi connectivity index (χ1v) is 6.46. The Kier molecular flexibility index (Phi) is 2.62. The van der Waals surface area contributed by atoms with Crippen LogP contribution in [0.25, 0.3) is 10.9 Å². The average molecular weight is 243 g/mol. The molecule has 1 saturated carbocycles. The molecule has 0 atom stereocenters. The predicted octanol–water partition coefficient (Wildman–Crippen LogP) is 3.17. The SMILES string of the molecule is CCOc1ccc2c(c1)c(C(=O)C1CC1)cn2C. The number of ether oxygens (including phenoxy) is 1. The number of hydrogen-bond acceptors (Lipinski definition) is 2. The van der Waals surface area contributed by atoms with Crippen molar-refractivity contribution in [2.75, 3.05) is 6.61 Å². The van der Waals surface area contributed by atoms with Crippen LogP contribution in [0.5, 0.6) is 5.75 Å². The summed E-state index contributed by atoms with van der Waals surface area (Å²) in [5.74, 6) is 1.38. The van der Waals surface area contributed by atoms with Crippen LogP contribution in [0.15, 0.2) is 24.4 Å². The molecular weight excluding hydrogens is 226 g/mol. The van der Waals surface area contributed by atoms with E-state index in [4.69, 9.17) is 4.74 Å². The van der Waals surface area contributed by atoms with E-state index < -0.39 is 0 Å². The molecule has 0 unspecified atom stereocenters. The molecule has 0 spiro atoms. The molecule has 1 aliphatic rings. The number of Topliss-reactive ketones (excluding diaryl/α,β-unsaturated/α-hetero) is 1. The zero-order chi connectivity index (χ0) is 12.7. The van der Waals surface area contributed by atoms with Gasteiger partial charge in [-0.15, -0.1) is 0 Å². The van der Waals surface area contributed by atoms with Crippen molar-refractivity contribution in [3.8, 4) is 5.75 Å². The Labute approximate surface area is 106 Å². The van der Waals surface area contributed by atoms with Gasteiger partial charge in [0.1, 0.15) is 5.75 Å². The summed E-state index contributed by atoms with van der Waals surface area (Å²) >= 11 is 0. The van der Waals surface area contributed by atoms with Crippen LogP contribution >= 0.6 is 0 Å². The van der Waals surface area contributed by atoms with Gasteiger partial charge in [0.25, 0.3) is 0 Å². The van der Waals surface area contributed by atoms with Crippen LogP contribution in [0.1, 0.15) is 30.1 Å². The van der Waals surface area contributed by atoms with Crippen molar-refractivity contribution in [3.63, 3.8) is 0 Å². The molecule has 0 N–H and O–H groups in total. The number of hydrogen-bond donors (Lipinski definition) is 0. The number of aromatic nitrogens is 1. The summed E-state index contributed by atoms with van der Waals surface area (Å²) in [6, 6.07) is 5.95. The van der Waals surface area contributed by atoms with E-state index in [2.05, 4.69) is 0 Å². The first kappa shape index (κ1) is 11.3. The van der Waals surface area contributed by atoms with Gasteiger partial charge in [0.2, 0.25) is 0 Å². The Morgan fingerprint density at radius 3 is 2.89 bits per heavy atom. The maximum absolute atomic E-state index is 12.2. The number of benzene rings is 1. The molecule has 3 rings (SSSR count). The van der Waals surface area contributed by atoms with Crippen LogP contribution in [0.3, 0.4) is 0 Å². The number of ketones is 1. The summed E-state index contributed by atoms with van der Waals surface area (Å²) in [7, 11) is 1.98. The van der Waals surface area contributed by atoms with E-state index in [0.717, 1.165) is 35.1 Å². The van der Waals surface area contributed by atoms with Crippen molar-refractivity contribution in [1.29, 1.82) is 0 Å². The number of carbonyl (C=O) groups is 1. The molecule has 0 bridgehead atoms. The summed E-state index contributed by atoms with van der Waals surface area (Å²) in [5.41, 5.74) is 1.93. The predicted molar refractivity (Wildman–Crippen MR) is 71.1 cm³/mol. The molecule has 1 aliphatic carbocycles. The third kappa shape index (κ3) is 1.80. The lowest BCUT2D eigenvalue weighted by Gasteiger charge is -2.04. The molecule has 18 heavy (non-hydrogen) atoms. The highest BCUT2D eigenvalue weighted by Gasteiger charge is 2.32. The molecular formula is C15H17NO2. The van der Waals surface area contributed by atoms with E-state index in [1.54, 1.807) is 0 Å². The molecule has 1 aromatic heterocycles. The van der Waals surface area contributed by atoms with Crippen molar-refractivity contribution in [2.24, 2.45) is 13.0 Å². The molecule has 0 amide bonds. The zero-order valence-corrected chi connectivity index (χ0v) is 10.8. The number of rotatable bonds is 4. The van der Waals surface area contributed by atoms with Crippen molar-refractivity contribution in [3.05, 3.63) is 30.0 Å². The summed E-state index contributed by atoms with van der Waals surface area (Å²) in [5, 5.41) is 1.01. The smallest absolute Gasteiger partial charge is 0.168 e. The molecule has 3 heteroatoms. The number of aryl methyl sites for hydroxylation is 1. The molecule has 1 fully saturated rings. The van der Waals surface area contributed by atoms with Crippen LogP contribution in [-0.4, -0.2) is 17.0 Å². The second-order valence-corrected chi connectivity index (χ2v) is 4.90. The maximum atomic E-state index is 12.2. The van der Waals surface area contributed by atoms with Crippen LogP contribution < -0.4 is 4.74 Å². The molecule has 94 valence electrons. The molecule has 0 aliphatic heterocycles. The third-order valence-corrected chi connectivity index (χ3v) is 3.49. The first-order valence-electron chi connectivity index (χ1n) is 6.46. The fourth-order valence-corrected chi connectivity index (χ4v) is 2.39. The molecule has 0 radical (unpaired) electrons. The van der Waals surface area contributed by atoms with Crippen LogP contribution in [-0.2, 0) is 7.05 Å². The normalized spacial score (nSPS) is 15.0. The minimum absolute atomic E-state index is 0.256. The standard InChI is InChI=1S/C15H17NO2/c1-3-18-11-6-7-14-12(8-11)13(9-16(14)2)15(17)10-4-5-10/h6-10H,3-5H2,1-2H3. The second-order valence-electron chi connectivity index (χ2n) is 4.90. The Morgan fingerprint density at radius 2 is 2.22 bits per heavy atom. The van der Waals surface area contributed by atoms with Gasteiger partial charge < -0.3 is 9.30 Å². The quantitative estimate of drug-likeness (QED) is 0.772. The highest BCUT2D eigenvalue weighted by molar-refractivity contribution is 6.10. The van der Waals surface area contributed by atoms with E-state index in [1.807, 2.05) is 42.9 Å². The van der Waals surface area contributed by atoms with E-state index >= 15 is 0 Å². The van der Waals surface area contributed by atoms with Crippen molar-refractivity contribution in [1.82, 2.24) is 4.57 Å². The highest BCUT2D eigenvalue weighted by Crippen LogP contribution is 2.35. The van der Waals surface area contributed by atoms with Crippen molar-refractivity contribution < 1.29 is 9.53 Å².